The molecule has 0 N–H and O–H groups in total. The summed E-state index contributed by atoms with van der Waals surface area (Å²) in [6, 6.07) is 0. The molecule has 1 fully saturated rings. The molecule has 1 saturated carbocycles. The fourth-order valence-electron chi connectivity index (χ4n) is 2.48. The second-order valence-corrected chi connectivity index (χ2v) is 8.34. The molecule has 0 aromatic carbocycles. The molecule has 6 heteroatoms. The Balaban J connectivity index is 2.43. The lowest BCUT2D eigenvalue weighted by Gasteiger charge is -2.34. The number of hydrogen-bond acceptors (Lipinski definition) is 4. The van der Waals surface area contributed by atoms with Crippen LogP contribution >= 0.6 is 16.8 Å². The molecule has 4 nitrogen and oxygen atoms in total. The third-order valence-corrected chi connectivity index (χ3v) is 7.56. The van der Waals surface area contributed by atoms with E-state index in [1.165, 1.54) is 25.7 Å². The highest BCUT2D eigenvalue weighted by atomic mass is 31.2. The molecule has 1 aliphatic rings. The Kier molecular flexibility index (Phi) is 10.6. The summed E-state index contributed by atoms with van der Waals surface area (Å²) in [5, 5.41) is 0. The van der Waals surface area contributed by atoms with Crippen LogP contribution in [-0.2, 0) is 18.1 Å². The second-order valence-electron chi connectivity index (χ2n) is 4.70. The van der Waals surface area contributed by atoms with Crippen molar-refractivity contribution in [2.75, 3.05) is 26.4 Å². The van der Waals surface area contributed by atoms with E-state index in [9.17, 15) is 0 Å². The van der Waals surface area contributed by atoms with Crippen molar-refractivity contribution in [2.24, 2.45) is 0 Å². The average Bonchev–Trinajstić information content (AvgIpc) is 2.47. The maximum atomic E-state index is 5.80. The van der Waals surface area contributed by atoms with E-state index in [1.807, 2.05) is 27.7 Å². The van der Waals surface area contributed by atoms with Crippen molar-refractivity contribution in [1.29, 1.82) is 0 Å². The number of rotatable bonds is 10. The minimum atomic E-state index is -0.708. The largest absolute Gasteiger partial charge is 0.334 e. The highest BCUT2D eigenvalue weighted by Gasteiger charge is 2.33. The maximum Gasteiger partial charge on any atom is 0.173 e. The van der Waals surface area contributed by atoms with E-state index in [0.717, 1.165) is 26.4 Å². The Morgan fingerprint density at radius 1 is 0.600 bits per heavy atom. The van der Waals surface area contributed by atoms with Crippen LogP contribution in [-0.4, -0.2) is 37.7 Å². The van der Waals surface area contributed by atoms with E-state index in [2.05, 4.69) is 0 Å². The van der Waals surface area contributed by atoms with Gasteiger partial charge in [-0.15, -0.1) is 0 Å². The third kappa shape index (κ3) is 6.22. The fourth-order valence-corrected chi connectivity index (χ4v) is 5.93. The van der Waals surface area contributed by atoms with Crippen molar-refractivity contribution >= 4 is 16.8 Å². The summed E-state index contributed by atoms with van der Waals surface area (Å²) in [6.07, 6.45) is 4.70. The Labute approximate surface area is 126 Å². The van der Waals surface area contributed by atoms with Crippen LogP contribution in [0.2, 0.25) is 0 Å². The Bertz CT molecular complexity index is 199. The lowest BCUT2D eigenvalue weighted by molar-refractivity contribution is 0.243. The normalized spacial score (nSPS) is 23.7. The second kappa shape index (κ2) is 11.3. The van der Waals surface area contributed by atoms with Gasteiger partial charge in [-0.2, -0.15) is 0 Å². The zero-order chi connectivity index (χ0) is 14.8. The van der Waals surface area contributed by atoms with Crippen molar-refractivity contribution in [2.45, 2.75) is 64.7 Å². The molecule has 0 bridgehead atoms. The SMILES string of the molecule is CCOP(OCC)C1CCC(P(OCC)OCC)CC1. The zero-order valence-corrected chi connectivity index (χ0v) is 15.1. The molecular formula is C14H30O4P2. The first-order chi connectivity index (χ1) is 9.76. The highest BCUT2D eigenvalue weighted by Crippen LogP contribution is 2.55. The Morgan fingerprint density at radius 2 is 0.850 bits per heavy atom. The van der Waals surface area contributed by atoms with Gasteiger partial charge in [-0.25, -0.2) is 0 Å². The van der Waals surface area contributed by atoms with E-state index >= 15 is 0 Å². The van der Waals surface area contributed by atoms with E-state index in [0.29, 0.717) is 11.3 Å². The molecule has 0 amide bonds. The first-order valence-corrected chi connectivity index (χ1v) is 10.4. The monoisotopic (exact) mass is 324 g/mol. The topological polar surface area (TPSA) is 36.9 Å². The molecule has 0 aromatic heterocycles. The van der Waals surface area contributed by atoms with Gasteiger partial charge in [0.15, 0.2) is 16.8 Å². The lowest BCUT2D eigenvalue weighted by atomic mass is 10.00. The van der Waals surface area contributed by atoms with Gasteiger partial charge in [0.1, 0.15) is 0 Å². The predicted octanol–water partition coefficient (Wildman–Crippen LogP) is 5.07. The Hall–Kier alpha value is 0.700. The Morgan fingerprint density at radius 3 is 1.05 bits per heavy atom. The van der Waals surface area contributed by atoms with Crippen LogP contribution in [0.3, 0.4) is 0 Å². The van der Waals surface area contributed by atoms with E-state index in [-0.39, 0.29) is 0 Å². The summed E-state index contributed by atoms with van der Waals surface area (Å²) < 4.78 is 23.2. The molecule has 1 aliphatic carbocycles. The summed E-state index contributed by atoms with van der Waals surface area (Å²) in [7, 11) is -1.42. The summed E-state index contributed by atoms with van der Waals surface area (Å²) in [6.45, 7) is 11.2. The van der Waals surface area contributed by atoms with Crippen LogP contribution in [0.5, 0.6) is 0 Å². The summed E-state index contributed by atoms with van der Waals surface area (Å²) in [5.41, 5.74) is 1.17. The van der Waals surface area contributed by atoms with Gasteiger partial charge in [0.05, 0.1) is 26.4 Å². The molecule has 120 valence electrons. The predicted molar refractivity (Wildman–Crippen MR) is 86.4 cm³/mol. The van der Waals surface area contributed by atoms with Crippen LogP contribution in [0.15, 0.2) is 0 Å². The van der Waals surface area contributed by atoms with Crippen molar-refractivity contribution in [3.63, 3.8) is 0 Å². The average molecular weight is 324 g/mol. The van der Waals surface area contributed by atoms with Crippen molar-refractivity contribution in [3.05, 3.63) is 0 Å². The quantitative estimate of drug-likeness (QED) is 0.526. The van der Waals surface area contributed by atoms with Gasteiger partial charge < -0.3 is 18.1 Å². The zero-order valence-electron chi connectivity index (χ0n) is 13.3. The molecular weight excluding hydrogens is 294 g/mol. The van der Waals surface area contributed by atoms with Crippen molar-refractivity contribution < 1.29 is 18.1 Å². The molecule has 1 rings (SSSR count). The van der Waals surface area contributed by atoms with Crippen LogP contribution < -0.4 is 0 Å². The maximum absolute atomic E-state index is 5.80. The molecule has 0 atom stereocenters. The highest BCUT2D eigenvalue weighted by molar-refractivity contribution is 7.48. The minimum absolute atomic E-state index is 0.584. The standard InChI is InChI=1S/C14H30O4P2/c1-5-15-19(16-6-2)13-9-11-14(12-10-13)20(17-7-3)18-8-4/h13-14H,5-12H2,1-4H3. The minimum Gasteiger partial charge on any atom is -0.334 e. The smallest absolute Gasteiger partial charge is 0.173 e. The first kappa shape index (κ1) is 18.7. The number of hydrogen-bond donors (Lipinski definition) is 0. The van der Waals surface area contributed by atoms with Gasteiger partial charge in [0.25, 0.3) is 0 Å². The molecule has 20 heavy (non-hydrogen) atoms. The molecule has 0 unspecified atom stereocenters. The summed E-state index contributed by atoms with van der Waals surface area (Å²) in [4.78, 5) is 0. The third-order valence-electron chi connectivity index (χ3n) is 3.29. The van der Waals surface area contributed by atoms with E-state index in [4.69, 9.17) is 18.1 Å². The van der Waals surface area contributed by atoms with Crippen LogP contribution in [0.4, 0.5) is 0 Å². The lowest BCUT2D eigenvalue weighted by Crippen LogP contribution is -2.22. The van der Waals surface area contributed by atoms with Gasteiger partial charge in [-0.3, -0.25) is 0 Å². The molecule has 0 aromatic rings. The van der Waals surface area contributed by atoms with Crippen LogP contribution in [0, 0.1) is 0 Å². The van der Waals surface area contributed by atoms with Gasteiger partial charge in [0.2, 0.25) is 0 Å². The molecule has 0 heterocycles. The van der Waals surface area contributed by atoms with E-state index < -0.39 is 16.8 Å². The fraction of sp³-hybridized carbons (Fsp3) is 1.00. The van der Waals surface area contributed by atoms with Crippen molar-refractivity contribution in [1.82, 2.24) is 0 Å². The first-order valence-electron chi connectivity index (χ1n) is 7.86. The van der Waals surface area contributed by atoms with Crippen LogP contribution in [0.1, 0.15) is 53.4 Å². The van der Waals surface area contributed by atoms with Gasteiger partial charge in [-0.05, 0) is 53.4 Å². The van der Waals surface area contributed by atoms with Gasteiger partial charge >= 0.3 is 0 Å². The van der Waals surface area contributed by atoms with Gasteiger partial charge in [-0.1, -0.05) is 0 Å². The van der Waals surface area contributed by atoms with E-state index in [1.54, 1.807) is 0 Å². The van der Waals surface area contributed by atoms with Gasteiger partial charge in [0, 0.05) is 11.3 Å². The molecule has 0 spiro atoms. The van der Waals surface area contributed by atoms with Crippen molar-refractivity contribution in [3.8, 4) is 0 Å². The molecule has 0 saturated heterocycles. The van der Waals surface area contributed by atoms with Crippen LogP contribution in [0.25, 0.3) is 0 Å². The summed E-state index contributed by atoms with van der Waals surface area (Å²) >= 11 is 0. The molecule has 0 aliphatic heterocycles. The summed E-state index contributed by atoms with van der Waals surface area (Å²) in [5.74, 6) is 0. The molecule has 0 radical (unpaired) electrons.